The van der Waals surface area contributed by atoms with Crippen molar-refractivity contribution in [2.24, 2.45) is 0 Å². The van der Waals surface area contributed by atoms with Gasteiger partial charge in [0, 0.05) is 42.0 Å². The predicted molar refractivity (Wildman–Crippen MR) is 104 cm³/mol. The Kier molecular flexibility index (Phi) is 5.94. The minimum atomic E-state index is 0.0241. The molecule has 1 N–H and O–H groups in total. The van der Waals surface area contributed by atoms with E-state index in [9.17, 15) is 4.79 Å². The molecule has 3 rings (SSSR count). The third-order valence-electron chi connectivity index (χ3n) is 4.29. The zero-order chi connectivity index (χ0) is 17.6. The number of nitrogens with zero attached hydrogens (tertiary/aromatic N) is 2. The smallest absolute Gasteiger partial charge is 0.238 e. The molecule has 0 unspecified atom stereocenters. The lowest BCUT2D eigenvalue weighted by Crippen LogP contribution is -2.48. The Balaban J connectivity index is 1.47. The highest BCUT2D eigenvalue weighted by molar-refractivity contribution is 9.10. The van der Waals surface area contributed by atoms with E-state index in [1.165, 1.54) is 5.69 Å². The minimum absolute atomic E-state index is 0.0241. The molecule has 1 amide bonds. The van der Waals surface area contributed by atoms with Crippen LogP contribution in [0.4, 0.5) is 11.4 Å². The summed E-state index contributed by atoms with van der Waals surface area (Å²) in [5.41, 5.74) is 2.01. The highest BCUT2D eigenvalue weighted by Crippen LogP contribution is 2.20. The molecule has 2 aromatic rings. The number of anilines is 2. The molecule has 132 valence electrons. The van der Waals surface area contributed by atoms with Crippen LogP contribution in [0.2, 0.25) is 0 Å². The number of rotatable bonds is 5. The van der Waals surface area contributed by atoms with Crippen molar-refractivity contribution >= 4 is 33.2 Å². The van der Waals surface area contributed by atoms with Crippen LogP contribution in [0.15, 0.2) is 53.0 Å². The third kappa shape index (κ3) is 4.96. The summed E-state index contributed by atoms with van der Waals surface area (Å²) >= 11 is 3.41. The summed E-state index contributed by atoms with van der Waals surface area (Å²) in [4.78, 5) is 16.7. The number of hydrogen-bond donors (Lipinski definition) is 1. The molecule has 0 atom stereocenters. The molecule has 25 heavy (non-hydrogen) atoms. The van der Waals surface area contributed by atoms with E-state index < -0.39 is 0 Å². The Morgan fingerprint density at radius 3 is 2.48 bits per heavy atom. The predicted octanol–water partition coefficient (Wildman–Crippen LogP) is 3.22. The van der Waals surface area contributed by atoms with Crippen molar-refractivity contribution in [2.45, 2.75) is 0 Å². The molecule has 1 aliphatic heterocycles. The van der Waals surface area contributed by atoms with Crippen LogP contribution in [-0.4, -0.2) is 50.6 Å². The van der Waals surface area contributed by atoms with E-state index in [4.69, 9.17) is 4.74 Å². The van der Waals surface area contributed by atoms with Gasteiger partial charge in [0.25, 0.3) is 0 Å². The first-order valence-electron chi connectivity index (χ1n) is 8.31. The number of piperazine rings is 1. The maximum Gasteiger partial charge on any atom is 0.238 e. The quantitative estimate of drug-likeness (QED) is 0.832. The number of hydrogen-bond acceptors (Lipinski definition) is 4. The largest absolute Gasteiger partial charge is 0.497 e. The van der Waals surface area contributed by atoms with Crippen LogP contribution in [0, 0.1) is 0 Å². The molecule has 0 bridgehead atoms. The molecule has 1 aliphatic rings. The molecule has 2 aromatic carbocycles. The molecule has 1 saturated heterocycles. The first-order chi connectivity index (χ1) is 12.1. The molecule has 0 aromatic heterocycles. The Morgan fingerprint density at radius 1 is 1.12 bits per heavy atom. The lowest BCUT2D eigenvalue weighted by Gasteiger charge is -2.35. The number of carbonyl (C=O) groups is 1. The van der Waals surface area contributed by atoms with E-state index in [2.05, 4.69) is 43.2 Å². The lowest BCUT2D eigenvalue weighted by molar-refractivity contribution is -0.117. The van der Waals surface area contributed by atoms with Crippen molar-refractivity contribution in [1.82, 2.24) is 4.90 Å². The van der Waals surface area contributed by atoms with Gasteiger partial charge in [-0.15, -0.1) is 0 Å². The van der Waals surface area contributed by atoms with Gasteiger partial charge < -0.3 is 15.0 Å². The fraction of sp³-hybridized carbons (Fsp3) is 0.316. The van der Waals surface area contributed by atoms with E-state index in [0.29, 0.717) is 6.54 Å². The number of carbonyl (C=O) groups excluding carboxylic acids is 1. The van der Waals surface area contributed by atoms with Crippen molar-refractivity contribution in [1.29, 1.82) is 0 Å². The standard InChI is InChI=1S/C19H22BrN3O2/c1-25-18-7-5-17(6-8-18)23-11-9-22(10-12-23)14-19(24)21-16-4-2-3-15(20)13-16/h2-8,13H,9-12,14H2,1H3,(H,21,24). The van der Waals surface area contributed by atoms with Crippen LogP contribution in [0.1, 0.15) is 0 Å². The van der Waals surface area contributed by atoms with Gasteiger partial charge in [-0.25, -0.2) is 0 Å². The van der Waals surface area contributed by atoms with Gasteiger partial charge in [-0.2, -0.15) is 0 Å². The second kappa shape index (κ2) is 8.36. The summed E-state index contributed by atoms with van der Waals surface area (Å²) in [7, 11) is 1.67. The summed E-state index contributed by atoms with van der Waals surface area (Å²) in [6, 6.07) is 15.8. The number of methoxy groups -OCH3 is 1. The van der Waals surface area contributed by atoms with Gasteiger partial charge in [0.05, 0.1) is 13.7 Å². The molecule has 5 nitrogen and oxygen atoms in total. The van der Waals surface area contributed by atoms with Gasteiger partial charge in [0.1, 0.15) is 5.75 Å². The van der Waals surface area contributed by atoms with Crippen molar-refractivity contribution in [3.63, 3.8) is 0 Å². The van der Waals surface area contributed by atoms with Gasteiger partial charge >= 0.3 is 0 Å². The van der Waals surface area contributed by atoms with Crippen LogP contribution in [-0.2, 0) is 4.79 Å². The van der Waals surface area contributed by atoms with Gasteiger partial charge in [-0.3, -0.25) is 9.69 Å². The summed E-state index contributed by atoms with van der Waals surface area (Å²) in [6.07, 6.45) is 0. The molecule has 0 radical (unpaired) electrons. The molecule has 0 spiro atoms. The van der Waals surface area contributed by atoms with Crippen LogP contribution < -0.4 is 15.0 Å². The second-order valence-electron chi connectivity index (χ2n) is 6.02. The summed E-state index contributed by atoms with van der Waals surface area (Å²) < 4.78 is 6.16. The third-order valence-corrected chi connectivity index (χ3v) is 4.78. The number of benzene rings is 2. The molecule has 6 heteroatoms. The van der Waals surface area contributed by atoms with Gasteiger partial charge in [0.15, 0.2) is 0 Å². The zero-order valence-electron chi connectivity index (χ0n) is 14.2. The first-order valence-corrected chi connectivity index (χ1v) is 9.10. The maximum atomic E-state index is 12.2. The summed E-state index contributed by atoms with van der Waals surface area (Å²) in [5.74, 6) is 0.891. The summed E-state index contributed by atoms with van der Waals surface area (Å²) in [5, 5.41) is 2.95. The van der Waals surface area contributed by atoms with Crippen LogP contribution in [0.25, 0.3) is 0 Å². The van der Waals surface area contributed by atoms with Crippen molar-refractivity contribution in [3.8, 4) is 5.75 Å². The monoisotopic (exact) mass is 403 g/mol. The lowest BCUT2D eigenvalue weighted by atomic mass is 10.2. The highest BCUT2D eigenvalue weighted by atomic mass is 79.9. The normalized spacial score (nSPS) is 15.0. The first kappa shape index (κ1) is 17.8. The zero-order valence-corrected chi connectivity index (χ0v) is 15.8. The van der Waals surface area contributed by atoms with E-state index in [0.717, 1.165) is 42.1 Å². The van der Waals surface area contributed by atoms with Crippen molar-refractivity contribution in [2.75, 3.05) is 50.1 Å². The SMILES string of the molecule is COc1ccc(N2CCN(CC(=O)Nc3cccc(Br)c3)CC2)cc1. The van der Waals surface area contributed by atoms with Crippen LogP contribution in [0.5, 0.6) is 5.75 Å². The number of amides is 1. The molecular formula is C19H22BrN3O2. The fourth-order valence-electron chi connectivity index (χ4n) is 2.93. The van der Waals surface area contributed by atoms with Gasteiger partial charge in [-0.05, 0) is 42.5 Å². The average Bonchev–Trinajstić information content (AvgIpc) is 2.62. The van der Waals surface area contributed by atoms with Crippen LogP contribution >= 0.6 is 15.9 Å². The number of nitrogens with one attached hydrogen (secondary N) is 1. The van der Waals surface area contributed by atoms with E-state index in [1.807, 2.05) is 36.4 Å². The number of ether oxygens (including phenoxy) is 1. The fourth-order valence-corrected chi connectivity index (χ4v) is 3.33. The number of halogens is 1. The van der Waals surface area contributed by atoms with E-state index in [1.54, 1.807) is 7.11 Å². The maximum absolute atomic E-state index is 12.2. The minimum Gasteiger partial charge on any atom is -0.497 e. The van der Waals surface area contributed by atoms with Gasteiger partial charge in [-0.1, -0.05) is 22.0 Å². The van der Waals surface area contributed by atoms with E-state index >= 15 is 0 Å². The highest BCUT2D eigenvalue weighted by Gasteiger charge is 2.19. The van der Waals surface area contributed by atoms with Crippen LogP contribution in [0.3, 0.4) is 0 Å². The summed E-state index contributed by atoms with van der Waals surface area (Å²) in [6.45, 7) is 3.99. The average molecular weight is 404 g/mol. The second-order valence-corrected chi connectivity index (χ2v) is 6.94. The van der Waals surface area contributed by atoms with E-state index in [-0.39, 0.29) is 5.91 Å². The molecule has 1 fully saturated rings. The van der Waals surface area contributed by atoms with Gasteiger partial charge in [0.2, 0.25) is 5.91 Å². The Hall–Kier alpha value is -2.05. The van der Waals surface area contributed by atoms with Crippen molar-refractivity contribution < 1.29 is 9.53 Å². The Morgan fingerprint density at radius 2 is 1.84 bits per heavy atom. The Bertz CT molecular complexity index is 713. The Labute approximate surface area is 156 Å². The van der Waals surface area contributed by atoms with Crippen molar-refractivity contribution in [3.05, 3.63) is 53.0 Å². The molecule has 0 saturated carbocycles. The molecule has 1 heterocycles. The topological polar surface area (TPSA) is 44.8 Å². The molecular weight excluding hydrogens is 382 g/mol. The molecule has 0 aliphatic carbocycles.